The molecule has 7 rings (SSSR count). The molecule has 0 bridgehead atoms. The molecule has 0 aliphatic rings. The minimum Gasteiger partial charge on any atom is -0.494 e. The molecule has 0 aliphatic heterocycles. The summed E-state index contributed by atoms with van der Waals surface area (Å²) in [5.74, 6) is 0.103. The molecule has 11 heteroatoms. The molecule has 0 aliphatic carbocycles. The number of anilines is 1. The molecule has 1 heterocycles. The average Bonchev–Trinajstić information content (AvgIpc) is 3.68. The number of hydrogen-bond acceptors (Lipinski definition) is 7. The van der Waals surface area contributed by atoms with E-state index in [0.717, 1.165) is 16.7 Å². The molecule has 1 unspecified atom stereocenters. The van der Waals surface area contributed by atoms with Crippen molar-refractivity contribution in [1.29, 1.82) is 5.41 Å². The van der Waals surface area contributed by atoms with Crippen LogP contribution in [0.5, 0.6) is 11.5 Å². The third-order valence-corrected chi connectivity index (χ3v) is 11.1. The van der Waals surface area contributed by atoms with Crippen molar-refractivity contribution >= 4 is 21.4 Å². The van der Waals surface area contributed by atoms with Gasteiger partial charge in [-0.1, -0.05) is 103 Å². The fourth-order valence-corrected chi connectivity index (χ4v) is 8.10. The zero-order chi connectivity index (χ0) is 41.7. The first-order chi connectivity index (χ1) is 28.4. The number of amidine groups is 1. The Morgan fingerprint density at radius 1 is 0.831 bits per heavy atom. The number of aromatic nitrogens is 2. The van der Waals surface area contributed by atoms with Crippen LogP contribution in [0.15, 0.2) is 163 Å². The maximum Gasteiger partial charge on any atom is 0.175 e. The van der Waals surface area contributed by atoms with Gasteiger partial charge in [0.1, 0.15) is 29.0 Å². The second-order valence-corrected chi connectivity index (χ2v) is 16.5. The summed E-state index contributed by atoms with van der Waals surface area (Å²) in [5.41, 5.74) is 9.69. The summed E-state index contributed by atoms with van der Waals surface area (Å²) in [6, 6.07) is 46.0. The van der Waals surface area contributed by atoms with Gasteiger partial charge in [-0.3, -0.25) is 5.41 Å². The third kappa shape index (κ3) is 8.33. The number of nitrogen functional groups attached to an aromatic ring is 1. The van der Waals surface area contributed by atoms with Gasteiger partial charge in [-0.2, -0.15) is 0 Å². The molecule has 59 heavy (non-hydrogen) atoms. The van der Waals surface area contributed by atoms with E-state index in [1.807, 2.05) is 87.6 Å². The van der Waals surface area contributed by atoms with Gasteiger partial charge in [0.05, 0.1) is 23.3 Å². The van der Waals surface area contributed by atoms with Crippen molar-refractivity contribution < 1.29 is 22.3 Å². The Kier molecular flexibility index (Phi) is 11.7. The van der Waals surface area contributed by atoms with E-state index in [9.17, 15) is 8.42 Å². The van der Waals surface area contributed by atoms with Crippen LogP contribution in [-0.4, -0.2) is 42.8 Å². The number of benzene rings is 6. The lowest BCUT2D eigenvalue weighted by atomic mass is 9.76. The Labute approximate surface area is 344 Å². The number of rotatable bonds is 15. The van der Waals surface area contributed by atoms with E-state index in [2.05, 4.69) is 46.3 Å². The smallest absolute Gasteiger partial charge is 0.175 e. The molecule has 0 saturated carbocycles. The van der Waals surface area contributed by atoms with Crippen LogP contribution in [0.1, 0.15) is 60.5 Å². The van der Waals surface area contributed by atoms with E-state index in [-0.39, 0.29) is 28.1 Å². The topological polar surface area (TPSA) is 132 Å². The Morgan fingerprint density at radius 2 is 1.41 bits per heavy atom. The SMILES string of the molecule is CCOc1cc(OC(C)C)c(F)c(C(Nc2ccc(C(=N)N)cc2)c2nc(-c3cccc(S(C)(=O)=O)c3)cn2C(c2ccccc2)(c2ccccc2)c2ccccc2)c1. The zero-order valence-electron chi connectivity index (χ0n) is 33.3. The van der Waals surface area contributed by atoms with Crippen LogP contribution in [0.2, 0.25) is 0 Å². The molecule has 7 aromatic rings. The molecule has 1 aromatic heterocycles. The van der Waals surface area contributed by atoms with Gasteiger partial charge in [0.15, 0.2) is 21.4 Å². The number of nitrogens with two attached hydrogens (primary N) is 1. The van der Waals surface area contributed by atoms with Crippen LogP contribution in [0.25, 0.3) is 11.3 Å². The molecule has 4 N–H and O–H groups in total. The fraction of sp³-hybridized carbons (Fsp3) is 0.167. The van der Waals surface area contributed by atoms with Crippen LogP contribution in [0, 0.1) is 11.2 Å². The van der Waals surface area contributed by atoms with Crippen molar-refractivity contribution in [1.82, 2.24) is 9.55 Å². The summed E-state index contributed by atoms with van der Waals surface area (Å²) >= 11 is 0. The standard InChI is InChI=1S/C48H46FN5O4S/c1-5-57-39-29-41(44(49)43(30-39)58-32(2)3)45(52-38-26-24-33(25-27-38)46(50)51)47-53-42(34-16-15-23-40(28-34)59(4,55)56)31-54(47)48(35-17-9-6-10-18-35,36-19-11-7-12-20-36)37-21-13-8-14-22-37/h6-32,45,52H,5H2,1-4H3,(H3,50,51). The highest BCUT2D eigenvalue weighted by atomic mass is 32.2. The monoisotopic (exact) mass is 807 g/mol. The zero-order valence-corrected chi connectivity index (χ0v) is 34.1. The molecule has 0 radical (unpaired) electrons. The maximum atomic E-state index is 17.4. The molecule has 0 spiro atoms. The number of hydrogen-bond donors (Lipinski definition) is 3. The number of sulfone groups is 1. The van der Waals surface area contributed by atoms with Crippen molar-refractivity contribution in [2.45, 2.75) is 43.4 Å². The lowest BCUT2D eigenvalue weighted by molar-refractivity contribution is 0.228. The van der Waals surface area contributed by atoms with Crippen molar-refractivity contribution in [3.05, 3.63) is 197 Å². The second-order valence-electron chi connectivity index (χ2n) is 14.5. The van der Waals surface area contributed by atoms with Gasteiger partial charge in [0.2, 0.25) is 0 Å². The minimum atomic E-state index is -3.58. The highest BCUT2D eigenvalue weighted by Crippen LogP contribution is 2.46. The number of imidazole rings is 1. The molecular formula is C48H46FN5O4S. The number of ether oxygens (including phenoxy) is 2. The van der Waals surface area contributed by atoms with Gasteiger partial charge in [0.25, 0.3) is 0 Å². The van der Waals surface area contributed by atoms with E-state index in [1.165, 1.54) is 6.26 Å². The molecule has 0 amide bonds. The number of nitrogens with zero attached hydrogens (tertiary/aromatic N) is 2. The van der Waals surface area contributed by atoms with Crippen molar-refractivity contribution in [3.63, 3.8) is 0 Å². The summed E-state index contributed by atoms with van der Waals surface area (Å²) in [6.07, 6.45) is 2.73. The summed E-state index contributed by atoms with van der Waals surface area (Å²) in [4.78, 5) is 5.51. The summed E-state index contributed by atoms with van der Waals surface area (Å²) in [6.45, 7) is 5.84. The highest BCUT2D eigenvalue weighted by molar-refractivity contribution is 7.90. The van der Waals surface area contributed by atoms with E-state index in [4.69, 9.17) is 25.6 Å². The molecule has 6 aromatic carbocycles. The predicted octanol–water partition coefficient (Wildman–Crippen LogP) is 9.60. The number of nitrogens with one attached hydrogen (secondary N) is 2. The third-order valence-electron chi connectivity index (χ3n) is 10.0. The first-order valence-electron chi connectivity index (χ1n) is 19.3. The predicted molar refractivity (Wildman–Crippen MR) is 232 cm³/mol. The first kappa shape index (κ1) is 40.5. The summed E-state index contributed by atoms with van der Waals surface area (Å²) in [7, 11) is -3.58. The van der Waals surface area contributed by atoms with Gasteiger partial charge in [-0.05, 0) is 79.9 Å². The normalized spacial score (nSPS) is 12.2. The lowest BCUT2D eigenvalue weighted by Gasteiger charge is -2.39. The van der Waals surface area contributed by atoms with E-state index < -0.39 is 27.2 Å². The van der Waals surface area contributed by atoms with Crippen LogP contribution >= 0.6 is 0 Å². The van der Waals surface area contributed by atoms with Crippen LogP contribution in [-0.2, 0) is 15.4 Å². The highest BCUT2D eigenvalue weighted by Gasteiger charge is 2.42. The molecule has 300 valence electrons. The van der Waals surface area contributed by atoms with Crippen LogP contribution < -0.4 is 20.5 Å². The van der Waals surface area contributed by atoms with Gasteiger partial charge in [0, 0.05) is 40.9 Å². The summed E-state index contributed by atoms with van der Waals surface area (Å²) in [5, 5.41) is 11.6. The van der Waals surface area contributed by atoms with Crippen LogP contribution in [0.3, 0.4) is 0 Å². The minimum absolute atomic E-state index is 0.0132. The Morgan fingerprint density at radius 3 is 1.92 bits per heavy atom. The van der Waals surface area contributed by atoms with Crippen molar-refractivity contribution in [3.8, 4) is 22.8 Å². The van der Waals surface area contributed by atoms with Crippen molar-refractivity contribution in [2.75, 3.05) is 18.2 Å². The molecular weight excluding hydrogens is 762 g/mol. The lowest BCUT2D eigenvalue weighted by Crippen LogP contribution is -2.39. The Hall–Kier alpha value is -6.72. The molecule has 9 nitrogen and oxygen atoms in total. The maximum absolute atomic E-state index is 17.4. The molecule has 0 fully saturated rings. The van der Waals surface area contributed by atoms with Crippen LogP contribution in [0.4, 0.5) is 10.1 Å². The average molecular weight is 808 g/mol. The largest absolute Gasteiger partial charge is 0.494 e. The van der Waals surface area contributed by atoms with Gasteiger partial charge < -0.3 is 25.1 Å². The fourth-order valence-electron chi connectivity index (χ4n) is 7.43. The Bertz CT molecular complexity index is 2570. The molecule has 0 saturated heterocycles. The first-order valence-corrected chi connectivity index (χ1v) is 21.2. The van der Waals surface area contributed by atoms with Gasteiger partial charge in [-0.25, -0.2) is 17.8 Å². The van der Waals surface area contributed by atoms with Gasteiger partial charge in [-0.15, -0.1) is 0 Å². The quantitative estimate of drug-likeness (QED) is 0.0534. The Balaban J connectivity index is 1.64. The van der Waals surface area contributed by atoms with E-state index in [1.54, 1.807) is 54.6 Å². The van der Waals surface area contributed by atoms with Crippen molar-refractivity contribution in [2.24, 2.45) is 5.73 Å². The number of halogens is 1. The van der Waals surface area contributed by atoms with E-state index >= 15 is 4.39 Å². The molecule has 1 atom stereocenters. The van der Waals surface area contributed by atoms with Gasteiger partial charge >= 0.3 is 0 Å². The second kappa shape index (κ2) is 17.0. The van der Waals surface area contributed by atoms with E-state index in [0.29, 0.717) is 40.7 Å². The summed E-state index contributed by atoms with van der Waals surface area (Å²) < 4.78 is 57.3.